The predicted octanol–water partition coefficient (Wildman–Crippen LogP) is 3.12. The number of aryl methyl sites for hydroxylation is 1. The van der Waals surface area contributed by atoms with Crippen molar-refractivity contribution in [2.75, 3.05) is 18.4 Å². The van der Waals surface area contributed by atoms with Crippen molar-refractivity contribution in [2.24, 2.45) is 0 Å². The van der Waals surface area contributed by atoms with Crippen molar-refractivity contribution in [1.82, 2.24) is 5.32 Å². The average Bonchev–Trinajstić information content (AvgIpc) is 2.57. The maximum atomic E-state index is 10.4. The number of phenolic OH excluding ortho intramolecular Hbond substituents is 1. The van der Waals surface area contributed by atoms with Gasteiger partial charge in [-0.05, 0) is 62.0 Å². The van der Waals surface area contributed by atoms with E-state index in [-0.39, 0.29) is 5.75 Å². The zero-order valence-corrected chi connectivity index (χ0v) is 13.3. The fraction of sp³-hybridized carbons (Fsp3) is 0.316. The zero-order valence-electron chi connectivity index (χ0n) is 13.3. The van der Waals surface area contributed by atoms with Gasteiger partial charge in [-0.15, -0.1) is 0 Å². The van der Waals surface area contributed by atoms with Crippen LogP contribution in [0.4, 0.5) is 5.69 Å². The number of aromatic hydroxyl groups is 1. The van der Waals surface area contributed by atoms with Crippen molar-refractivity contribution in [3.05, 3.63) is 59.7 Å². The van der Waals surface area contributed by atoms with Gasteiger partial charge in [-0.1, -0.05) is 36.4 Å². The third-order valence-electron chi connectivity index (χ3n) is 3.78. The molecule has 2 aromatic carbocycles. The van der Waals surface area contributed by atoms with Crippen LogP contribution in [-0.4, -0.2) is 24.6 Å². The second-order valence-corrected chi connectivity index (χ2v) is 5.56. The maximum Gasteiger partial charge on any atom is 0.211 e. The Labute approximate surface area is 137 Å². The van der Waals surface area contributed by atoms with Crippen LogP contribution in [0.3, 0.4) is 0 Å². The number of anilines is 1. The van der Waals surface area contributed by atoms with E-state index in [1.54, 1.807) is 12.1 Å². The lowest BCUT2D eigenvalue weighted by Crippen LogP contribution is -2.18. The Bertz CT molecular complexity index is 600. The first kappa shape index (κ1) is 17.0. The first-order chi connectivity index (χ1) is 11.3. The van der Waals surface area contributed by atoms with Crippen LogP contribution in [-0.2, 0) is 17.6 Å². The lowest BCUT2D eigenvalue weighted by molar-refractivity contribution is -0.105. The second-order valence-electron chi connectivity index (χ2n) is 5.56. The zero-order chi connectivity index (χ0) is 16.3. The minimum Gasteiger partial charge on any atom is -0.506 e. The van der Waals surface area contributed by atoms with E-state index in [4.69, 9.17) is 0 Å². The molecule has 3 N–H and O–H groups in total. The van der Waals surface area contributed by atoms with Gasteiger partial charge in [0.15, 0.2) is 0 Å². The number of amides is 1. The molecule has 2 rings (SSSR count). The summed E-state index contributed by atoms with van der Waals surface area (Å²) in [6, 6.07) is 15.9. The minimum atomic E-state index is 0.109. The molecule has 0 bridgehead atoms. The van der Waals surface area contributed by atoms with Crippen LogP contribution in [0.5, 0.6) is 5.75 Å². The summed E-state index contributed by atoms with van der Waals surface area (Å²) in [5.74, 6) is 0.109. The predicted molar refractivity (Wildman–Crippen MR) is 93.7 cm³/mol. The molecule has 0 spiro atoms. The molecule has 0 atom stereocenters. The van der Waals surface area contributed by atoms with Crippen LogP contribution in [0.1, 0.15) is 24.0 Å². The summed E-state index contributed by atoms with van der Waals surface area (Å²) in [4.78, 5) is 10.4. The Morgan fingerprint density at radius 3 is 2.48 bits per heavy atom. The van der Waals surface area contributed by atoms with E-state index in [9.17, 15) is 9.90 Å². The highest BCUT2D eigenvalue weighted by molar-refractivity contribution is 5.75. The molecule has 0 unspecified atom stereocenters. The topological polar surface area (TPSA) is 61.4 Å². The third kappa shape index (κ3) is 6.12. The van der Waals surface area contributed by atoms with Gasteiger partial charge in [0.05, 0.1) is 5.69 Å². The largest absolute Gasteiger partial charge is 0.506 e. The van der Waals surface area contributed by atoms with Gasteiger partial charge in [0.1, 0.15) is 5.75 Å². The summed E-state index contributed by atoms with van der Waals surface area (Å²) in [5.41, 5.74) is 2.89. The van der Waals surface area contributed by atoms with Crippen LogP contribution < -0.4 is 10.6 Å². The number of carbonyl (C=O) groups is 1. The molecule has 2 aromatic rings. The minimum absolute atomic E-state index is 0.109. The normalized spacial score (nSPS) is 10.4. The monoisotopic (exact) mass is 312 g/mol. The van der Waals surface area contributed by atoms with E-state index in [0.717, 1.165) is 37.9 Å². The summed E-state index contributed by atoms with van der Waals surface area (Å²) in [6.45, 7) is 1.88. The highest BCUT2D eigenvalue weighted by Crippen LogP contribution is 2.23. The Hall–Kier alpha value is -2.33. The summed E-state index contributed by atoms with van der Waals surface area (Å²) >= 11 is 0. The molecule has 0 aliphatic carbocycles. The van der Waals surface area contributed by atoms with E-state index >= 15 is 0 Å². The molecule has 4 heteroatoms. The number of nitrogens with one attached hydrogen (secondary N) is 2. The lowest BCUT2D eigenvalue weighted by atomic mass is 10.1. The third-order valence-corrected chi connectivity index (χ3v) is 3.78. The van der Waals surface area contributed by atoms with Crippen molar-refractivity contribution in [1.29, 1.82) is 0 Å². The Kier molecular flexibility index (Phi) is 7.14. The molecule has 122 valence electrons. The lowest BCUT2D eigenvalue weighted by Gasteiger charge is -2.08. The number of hydrogen-bond donors (Lipinski definition) is 3. The molecule has 0 aliphatic rings. The molecule has 0 radical (unpaired) electrons. The standard InChI is InChI=1S/C19H24N2O2/c22-15-21-18-10-9-17(14-19(18)23)11-13-20-12-5-4-8-16-6-2-1-3-7-16/h1-3,6-7,9-10,14-15,20,23H,4-5,8,11-13H2,(H,21,22). The summed E-state index contributed by atoms with van der Waals surface area (Å²) in [7, 11) is 0. The molecule has 0 saturated carbocycles. The van der Waals surface area contributed by atoms with Crippen LogP contribution >= 0.6 is 0 Å². The van der Waals surface area contributed by atoms with E-state index in [0.29, 0.717) is 12.1 Å². The Morgan fingerprint density at radius 1 is 0.913 bits per heavy atom. The maximum absolute atomic E-state index is 10.4. The summed E-state index contributed by atoms with van der Waals surface area (Å²) in [5, 5.41) is 15.6. The highest BCUT2D eigenvalue weighted by Gasteiger charge is 2.01. The smallest absolute Gasteiger partial charge is 0.211 e. The first-order valence-electron chi connectivity index (χ1n) is 8.06. The van der Waals surface area contributed by atoms with E-state index in [2.05, 4.69) is 34.9 Å². The van der Waals surface area contributed by atoms with E-state index in [1.165, 1.54) is 12.0 Å². The second kappa shape index (κ2) is 9.64. The van der Waals surface area contributed by atoms with Gasteiger partial charge in [-0.2, -0.15) is 0 Å². The van der Waals surface area contributed by atoms with Crippen LogP contribution in [0.2, 0.25) is 0 Å². The number of rotatable bonds is 10. The van der Waals surface area contributed by atoms with Gasteiger partial charge in [-0.25, -0.2) is 0 Å². The van der Waals surface area contributed by atoms with Crippen molar-refractivity contribution in [2.45, 2.75) is 25.7 Å². The molecular weight excluding hydrogens is 288 g/mol. The molecular formula is C19H24N2O2. The number of unbranched alkanes of at least 4 members (excludes halogenated alkanes) is 1. The quantitative estimate of drug-likeness (QED) is 0.359. The Balaban J connectivity index is 1.58. The van der Waals surface area contributed by atoms with Gasteiger partial charge >= 0.3 is 0 Å². The summed E-state index contributed by atoms with van der Waals surface area (Å²) < 4.78 is 0. The number of carbonyl (C=O) groups excluding carboxylic acids is 1. The SMILES string of the molecule is O=CNc1ccc(CCNCCCCc2ccccc2)cc1O. The fourth-order valence-electron chi connectivity index (χ4n) is 2.50. The molecule has 0 aliphatic heterocycles. The van der Waals surface area contributed by atoms with Crippen LogP contribution in [0.15, 0.2) is 48.5 Å². The van der Waals surface area contributed by atoms with Crippen LogP contribution in [0.25, 0.3) is 0 Å². The van der Waals surface area contributed by atoms with Gasteiger partial charge in [0, 0.05) is 0 Å². The van der Waals surface area contributed by atoms with E-state index in [1.807, 2.05) is 12.1 Å². The molecule has 0 heterocycles. The molecule has 0 saturated heterocycles. The van der Waals surface area contributed by atoms with Crippen molar-refractivity contribution in [3.8, 4) is 5.75 Å². The van der Waals surface area contributed by atoms with E-state index < -0.39 is 0 Å². The van der Waals surface area contributed by atoms with Crippen molar-refractivity contribution >= 4 is 12.1 Å². The molecule has 0 fully saturated rings. The van der Waals surface area contributed by atoms with Gasteiger partial charge in [-0.3, -0.25) is 4.79 Å². The number of phenols is 1. The highest BCUT2D eigenvalue weighted by atomic mass is 16.3. The van der Waals surface area contributed by atoms with Gasteiger partial charge < -0.3 is 15.7 Å². The fourth-order valence-corrected chi connectivity index (χ4v) is 2.50. The van der Waals surface area contributed by atoms with Crippen LogP contribution in [0, 0.1) is 0 Å². The van der Waals surface area contributed by atoms with Gasteiger partial charge in [0.2, 0.25) is 6.41 Å². The van der Waals surface area contributed by atoms with Crippen molar-refractivity contribution in [3.63, 3.8) is 0 Å². The molecule has 0 aromatic heterocycles. The number of hydrogen-bond acceptors (Lipinski definition) is 3. The molecule has 1 amide bonds. The van der Waals surface area contributed by atoms with Crippen molar-refractivity contribution < 1.29 is 9.90 Å². The average molecular weight is 312 g/mol. The molecule has 4 nitrogen and oxygen atoms in total. The number of benzene rings is 2. The summed E-state index contributed by atoms with van der Waals surface area (Å²) in [6.07, 6.45) is 4.88. The first-order valence-corrected chi connectivity index (χ1v) is 8.06. The van der Waals surface area contributed by atoms with Gasteiger partial charge in [0.25, 0.3) is 0 Å². The Morgan fingerprint density at radius 2 is 1.74 bits per heavy atom. The molecule has 23 heavy (non-hydrogen) atoms.